The number of nitrogens with zero attached hydrogens (tertiary/aromatic N) is 3. The van der Waals surface area contributed by atoms with Crippen LogP contribution in [0.15, 0.2) is 41.2 Å². The van der Waals surface area contributed by atoms with Gasteiger partial charge >= 0.3 is 0 Å². The smallest absolute Gasteiger partial charge is 0.258 e. The van der Waals surface area contributed by atoms with Crippen molar-refractivity contribution in [3.8, 4) is 0 Å². The zero-order chi connectivity index (χ0) is 17.9. The maximum atomic E-state index is 12.6. The molecule has 1 aliphatic heterocycles. The van der Waals surface area contributed by atoms with E-state index in [9.17, 15) is 9.59 Å². The lowest BCUT2D eigenvalue weighted by atomic mass is 9.93. The summed E-state index contributed by atoms with van der Waals surface area (Å²) >= 11 is 0. The number of H-pyrrole nitrogens is 1. The summed E-state index contributed by atoms with van der Waals surface area (Å²) in [6.07, 6.45) is 7.15. The van der Waals surface area contributed by atoms with Crippen LogP contribution in [0.5, 0.6) is 0 Å². The van der Waals surface area contributed by atoms with Crippen molar-refractivity contribution in [3.63, 3.8) is 0 Å². The van der Waals surface area contributed by atoms with E-state index in [1.165, 1.54) is 0 Å². The van der Waals surface area contributed by atoms with Crippen LogP contribution in [0.3, 0.4) is 0 Å². The van der Waals surface area contributed by atoms with Gasteiger partial charge < -0.3 is 9.88 Å². The largest absolute Gasteiger partial charge is 0.340 e. The van der Waals surface area contributed by atoms with Crippen molar-refractivity contribution in [1.29, 1.82) is 0 Å². The number of para-hydroxylation sites is 1. The molecule has 1 aromatic heterocycles. The molecule has 1 aliphatic carbocycles. The lowest BCUT2D eigenvalue weighted by Gasteiger charge is -2.36. The Kier molecular flexibility index (Phi) is 4.84. The highest BCUT2D eigenvalue weighted by Gasteiger charge is 2.27. The minimum absolute atomic E-state index is 0.0928. The van der Waals surface area contributed by atoms with E-state index in [-0.39, 0.29) is 11.5 Å². The summed E-state index contributed by atoms with van der Waals surface area (Å²) in [5.41, 5.74) is 0.634. The zero-order valence-electron chi connectivity index (χ0n) is 14.9. The Balaban J connectivity index is 1.37. The Morgan fingerprint density at radius 3 is 2.73 bits per heavy atom. The zero-order valence-corrected chi connectivity index (χ0v) is 14.9. The van der Waals surface area contributed by atoms with E-state index in [1.54, 1.807) is 6.07 Å². The SMILES string of the molecule is O=C(C1CC=CCC1)N1CCN(Cc2nc3ccccc3c(=O)[nH]2)CC1. The molecule has 26 heavy (non-hydrogen) atoms. The topological polar surface area (TPSA) is 69.3 Å². The molecule has 1 saturated heterocycles. The van der Waals surface area contributed by atoms with Gasteiger partial charge in [-0.05, 0) is 31.4 Å². The van der Waals surface area contributed by atoms with Crippen molar-refractivity contribution < 1.29 is 4.79 Å². The molecule has 0 bridgehead atoms. The van der Waals surface area contributed by atoms with Crippen LogP contribution in [0.2, 0.25) is 0 Å². The second-order valence-electron chi connectivity index (χ2n) is 7.11. The van der Waals surface area contributed by atoms with Crippen LogP contribution in [-0.2, 0) is 11.3 Å². The molecule has 0 saturated carbocycles. The first-order chi connectivity index (χ1) is 12.7. The first-order valence-corrected chi connectivity index (χ1v) is 9.35. The van der Waals surface area contributed by atoms with Crippen LogP contribution < -0.4 is 5.56 Å². The summed E-state index contributed by atoms with van der Waals surface area (Å²) in [6, 6.07) is 7.39. The van der Waals surface area contributed by atoms with Crippen LogP contribution in [0.1, 0.15) is 25.1 Å². The number of allylic oxidation sites excluding steroid dienone is 2. The minimum Gasteiger partial charge on any atom is -0.340 e. The average Bonchev–Trinajstić information content (AvgIpc) is 2.69. The molecule has 6 nitrogen and oxygen atoms in total. The molecule has 6 heteroatoms. The standard InChI is InChI=1S/C20H24N4O2/c25-19-16-8-4-5-9-17(16)21-18(22-19)14-23-10-12-24(13-11-23)20(26)15-6-2-1-3-7-15/h1-2,4-5,8-9,15H,3,6-7,10-14H2,(H,21,22,25). The first kappa shape index (κ1) is 17.0. The summed E-state index contributed by atoms with van der Waals surface area (Å²) in [5, 5.41) is 0.619. The number of rotatable bonds is 3. The third kappa shape index (κ3) is 3.55. The van der Waals surface area contributed by atoms with E-state index < -0.39 is 0 Å². The molecule has 2 aliphatic rings. The highest BCUT2D eigenvalue weighted by Crippen LogP contribution is 2.21. The van der Waals surface area contributed by atoms with Crippen LogP contribution in [-0.4, -0.2) is 51.9 Å². The van der Waals surface area contributed by atoms with Crippen molar-refractivity contribution in [3.05, 3.63) is 52.6 Å². The van der Waals surface area contributed by atoms with E-state index in [4.69, 9.17) is 0 Å². The first-order valence-electron chi connectivity index (χ1n) is 9.35. The summed E-state index contributed by atoms with van der Waals surface area (Å²) in [4.78, 5) is 36.5. The Hall–Kier alpha value is -2.47. The van der Waals surface area contributed by atoms with E-state index in [0.717, 1.165) is 51.0 Å². The number of benzene rings is 1. The normalized spacial score (nSPS) is 21.2. The van der Waals surface area contributed by atoms with Gasteiger partial charge in [0.25, 0.3) is 5.56 Å². The minimum atomic E-state index is -0.0928. The highest BCUT2D eigenvalue weighted by atomic mass is 16.2. The van der Waals surface area contributed by atoms with Crippen molar-refractivity contribution in [2.24, 2.45) is 5.92 Å². The van der Waals surface area contributed by atoms with E-state index in [1.807, 2.05) is 23.1 Å². The molecule has 4 rings (SSSR count). The molecular formula is C20H24N4O2. The Labute approximate surface area is 152 Å². The van der Waals surface area contributed by atoms with E-state index in [2.05, 4.69) is 27.0 Å². The van der Waals surface area contributed by atoms with E-state index in [0.29, 0.717) is 23.7 Å². The Bertz CT molecular complexity index is 881. The predicted molar refractivity (Wildman–Crippen MR) is 101 cm³/mol. The molecule has 136 valence electrons. The Morgan fingerprint density at radius 1 is 1.15 bits per heavy atom. The number of aromatic amines is 1. The molecule has 1 amide bonds. The second kappa shape index (κ2) is 7.41. The number of hydrogen-bond donors (Lipinski definition) is 1. The van der Waals surface area contributed by atoms with Gasteiger partial charge in [-0.1, -0.05) is 24.3 Å². The van der Waals surface area contributed by atoms with Gasteiger partial charge in [-0.25, -0.2) is 4.98 Å². The third-order valence-corrected chi connectivity index (χ3v) is 5.34. The fourth-order valence-corrected chi connectivity index (χ4v) is 3.82. The van der Waals surface area contributed by atoms with Gasteiger partial charge in [0.1, 0.15) is 5.82 Å². The van der Waals surface area contributed by atoms with Gasteiger partial charge in [0.2, 0.25) is 5.91 Å². The van der Waals surface area contributed by atoms with Crippen molar-refractivity contribution in [2.45, 2.75) is 25.8 Å². The number of nitrogens with one attached hydrogen (secondary N) is 1. The van der Waals surface area contributed by atoms with Crippen LogP contribution in [0.4, 0.5) is 0 Å². The molecule has 1 unspecified atom stereocenters. The number of piperazine rings is 1. The Morgan fingerprint density at radius 2 is 1.96 bits per heavy atom. The molecular weight excluding hydrogens is 328 g/mol. The van der Waals surface area contributed by atoms with Gasteiger partial charge in [-0.15, -0.1) is 0 Å². The summed E-state index contributed by atoms with van der Waals surface area (Å²) in [6.45, 7) is 3.72. The molecule has 1 aromatic carbocycles. The van der Waals surface area contributed by atoms with Crippen molar-refractivity contribution in [2.75, 3.05) is 26.2 Å². The fourth-order valence-electron chi connectivity index (χ4n) is 3.82. The lowest BCUT2D eigenvalue weighted by Crippen LogP contribution is -2.50. The van der Waals surface area contributed by atoms with Crippen molar-refractivity contribution >= 4 is 16.8 Å². The molecule has 2 aromatic rings. The fraction of sp³-hybridized carbons (Fsp3) is 0.450. The third-order valence-electron chi connectivity index (χ3n) is 5.34. The molecule has 0 radical (unpaired) electrons. The van der Waals surface area contributed by atoms with Gasteiger partial charge in [-0.2, -0.15) is 0 Å². The molecule has 1 N–H and O–H groups in total. The van der Waals surface area contributed by atoms with Gasteiger partial charge in [0.15, 0.2) is 0 Å². The predicted octanol–water partition coefficient (Wildman–Crippen LogP) is 1.92. The highest BCUT2D eigenvalue weighted by molar-refractivity contribution is 5.79. The molecule has 1 atom stereocenters. The number of carbonyl (C=O) groups excluding carboxylic acids is 1. The van der Waals surface area contributed by atoms with E-state index >= 15 is 0 Å². The van der Waals surface area contributed by atoms with Crippen LogP contribution in [0.25, 0.3) is 10.9 Å². The molecule has 1 fully saturated rings. The van der Waals surface area contributed by atoms with Crippen LogP contribution in [0, 0.1) is 5.92 Å². The van der Waals surface area contributed by atoms with Gasteiger partial charge in [0, 0.05) is 32.1 Å². The summed E-state index contributed by atoms with van der Waals surface area (Å²) < 4.78 is 0. The number of hydrogen-bond acceptors (Lipinski definition) is 4. The number of amides is 1. The maximum Gasteiger partial charge on any atom is 0.258 e. The van der Waals surface area contributed by atoms with Crippen molar-refractivity contribution in [1.82, 2.24) is 19.8 Å². The van der Waals surface area contributed by atoms with Crippen LogP contribution >= 0.6 is 0 Å². The summed E-state index contributed by atoms with van der Waals surface area (Å²) in [5.74, 6) is 1.14. The number of fused-ring (bicyclic) bond motifs is 1. The number of aromatic nitrogens is 2. The molecule has 2 heterocycles. The molecule has 0 spiro atoms. The lowest BCUT2D eigenvalue weighted by molar-refractivity contribution is -0.137. The monoisotopic (exact) mass is 352 g/mol. The summed E-state index contributed by atoms with van der Waals surface area (Å²) in [7, 11) is 0. The maximum absolute atomic E-state index is 12.6. The number of carbonyl (C=O) groups is 1. The van der Waals surface area contributed by atoms with Gasteiger partial charge in [-0.3, -0.25) is 14.5 Å². The van der Waals surface area contributed by atoms with Gasteiger partial charge in [0.05, 0.1) is 17.4 Å². The second-order valence-corrected chi connectivity index (χ2v) is 7.11. The quantitative estimate of drug-likeness (QED) is 0.857. The average molecular weight is 352 g/mol.